The Morgan fingerprint density at radius 1 is 1.48 bits per heavy atom. The maximum Gasteiger partial charge on any atom is 0.285 e. The standard InChI is InChI=1S/C15H20N2O4/c1-11-4-2-5-13(14(11)17(19)20)15(18)16-8-3-9-21-10-12-6-7-12/h2,4-5,12H,3,6-10H2,1H3,(H,16,18). The first-order chi connectivity index (χ1) is 10.1. The fourth-order valence-electron chi connectivity index (χ4n) is 2.09. The molecule has 1 aliphatic carbocycles. The molecule has 1 saturated carbocycles. The van der Waals surface area contributed by atoms with Gasteiger partial charge in [-0.05, 0) is 38.2 Å². The molecule has 0 spiro atoms. The first-order valence-electron chi connectivity index (χ1n) is 7.19. The van der Waals surface area contributed by atoms with Gasteiger partial charge in [-0.1, -0.05) is 12.1 Å². The summed E-state index contributed by atoms with van der Waals surface area (Å²) in [5.74, 6) is 0.321. The van der Waals surface area contributed by atoms with Gasteiger partial charge in [-0.3, -0.25) is 14.9 Å². The summed E-state index contributed by atoms with van der Waals surface area (Å²) in [6.07, 6.45) is 3.22. The minimum atomic E-state index is -0.511. The van der Waals surface area contributed by atoms with Gasteiger partial charge in [-0.15, -0.1) is 0 Å². The van der Waals surface area contributed by atoms with Gasteiger partial charge in [0, 0.05) is 25.3 Å². The van der Waals surface area contributed by atoms with Crippen LogP contribution in [-0.2, 0) is 4.74 Å². The second-order valence-electron chi connectivity index (χ2n) is 5.36. The number of amides is 1. The van der Waals surface area contributed by atoms with Crippen LogP contribution in [0.3, 0.4) is 0 Å². The molecular weight excluding hydrogens is 272 g/mol. The predicted octanol–water partition coefficient (Wildman–Crippen LogP) is 2.45. The average Bonchev–Trinajstić information content (AvgIpc) is 3.25. The van der Waals surface area contributed by atoms with Crippen LogP contribution >= 0.6 is 0 Å². The third kappa shape index (κ3) is 4.53. The number of benzene rings is 1. The first kappa shape index (κ1) is 15.4. The second kappa shape index (κ2) is 7.17. The molecule has 21 heavy (non-hydrogen) atoms. The van der Waals surface area contributed by atoms with Crippen molar-refractivity contribution in [2.75, 3.05) is 19.8 Å². The minimum absolute atomic E-state index is 0.110. The van der Waals surface area contributed by atoms with E-state index in [1.165, 1.54) is 18.9 Å². The summed E-state index contributed by atoms with van der Waals surface area (Å²) in [7, 11) is 0. The molecule has 0 radical (unpaired) electrons. The molecule has 1 aliphatic rings. The number of ether oxygens (including phenoxy) is 1. The summed E-state index contributed by atoms with van der Waals surface area (Å²) in [5.41, 5.74) is 0.472. The molecule has 1 aromatic rings. The van der Waals surface area contributed by atoms with Crippen molar-refractivity contribution in [2.45, 2.75) is 26.2 Å². The van der Waals surface area contributed by atoms with E-state index in [9.17, 15) is 14.9 Å². The number of nitro benzene ring substituents is 1. The van der Waals surface area contributed by atoms with Crippen molar-refractivity contribution in [3.63, 3.8) is 0 Å². The van der Waals surface area contributed by atoms with E-state index in [4.69, 9.17) is 4.74 Å². The van der Waals surface area contributed by atoms with Crippen LogP contribution in [0.1, 0.15) is 35.2 Å². The molecule has 2 rings (SSSR count). The Balaban J connectivity index is 1.79. The fourth-order valence-corrected chi connectivity index (χ4v) is 2.09. The number of rotatable bonds is 8. The fraction of sp³-hybridized carbons (Fsp3) is 0.533. The summed E-state index contributed by atoms with van der Waals surface area (Å²) >= 11 is 0. The molecule has 1 fully saturated rings. The van der Waals surface area contributed by atoms with Gasteiger partial charge >= 0.3 is 0 Å². The van der Waals surface area contributed by atoms with Gasteiger partial charge in [0.1, 0.15) is 5.56 Å². The molecule has 114 valence electrons. The zero-order valence-electron chi connectivity index (χ0n) is 12.1. The Morgan fingerprint density at radius 2 is 2.24 bits per heavy atom. The molecule has 1 N–H and O–H groups in total. The van der Waals surface area contributed by atoms with Crippen LogP contribution in [0.4, 0.5) is 5.69 Å². The molecule has 0 unspecified atom stereocenters. The lowest BCUT2D eigenvalue weighted by Crippen LogP contribution is -2.26. The molecule has 1 amide bonds. The molecule has 6 heteroatoms. The van der Waals surface area contributed by atoms with E-state index in [1.54, 1.807) is 19.1 Å². The number of nitrogens with one attached hydrogen (secondary N) is 1. The van der Waals surface area contributed by atoms with E-state index >= 15 is 0 Å². The molecule has 0 atom stereocenters. The van der Waals surface area contributed by atoms with Crippen LogP contribution in [0.2, 0.25) is 0 Å². The zero-order chi connectivity index (χ0) is 15.2. The maximum absolute atomic E-state index is 12.0. The summed E-state index contributed by atoms with van der Waals surface area (Å²) in [4.78, 5) is 22.5. The van der Waals surface area contributed by atoms with E-state index in [2.05, 4.69) is 5.32 Å². The maximum atomic E-state index is 12.0. The lowest BCUT2D eigenvalue weighted by Gasteiger charge is -2.07. The predicted molar refractivity (Wildman–Crippen MR) is 78.3 cm³/mol. The zero-order valence-corrected chi connectivity index (χ0v) is 12.1. The molecule has 0 heterocycles. The number of para-hydroxylation sites is 1. The number of nitro groups is 1. The SMILES string of the molecule is Cc1cccc(C(=O)NCCCOCC2CC2)c1[N+](=O)[O-]. The summed E-state index contributed by atoms with van der Waals surface area (Å²) in [5, 5.41) is 13.7. The number of carbonyl (C=O) groups is 1. The number of nitrogens with zero attached hydrogens (tertiary/aromatic N) is 1. The topological polar surface area (TPSA) is 81.5 Å². The van der Waals surface area contributed by atoms with Gasteiger partial charge in [0.15, 0.2) is 0 Å². The monoisotopic (exact) mass is 292 g/mol. The number of hydrogen-bond acceptors (Lipinski definition) is 4. The summed E-state index contributed by atoms with van der Waals surface area (Å²) in [6, 6.07) is 4.75. The minimum Gasteiger partial charge on any atom is -0.381 e. The average molecular weight is 292 g/mol. The van der Waals surface area contributed by atoms with Crippen LogP contribution in [0, 0.1) is 23.0 Å². The van der Waals surface area contributed by atoms with Gasteiger partial charge in [0.25, 0.3) is 11.6 Å². The van der Waals surface area contributed by atoms with E-state index in [0.717, 1.165) is 12.5 Å². The molecule has 1 aromatic carbocycles. The van der Waals surface area contributed by atoms with Crippen molar-refractivity contribution in [1.29, 1.82) is 0 Å². The Kier molecular flexibility index (Phi) is 5.27. The third-order valence-electron chi connectivity index (χ3n) is 3.47. The molecule has 6 nitrogen and oxygen atoms in total. The molecule has 0 aromatic heterocycles. The molecule has 0 bridgehead atoms. The summed E-state index contributed by atoms with van der Waals surface area (Å²) < 4.78 is 5.47. The van der Waals surface area contributed by atoms with Crippen molar-refractivity contribution >= 4 is 11.6 Å². The van der Waals surface area contributed by atoms with E-state index < -0.39 is 10.8 Å². The van der Waals surface area contributed by atoms with Gasteiger partial charge < -0.3 is 10.1 Å². The largest absolute Gasteiger partial charge is 0.381 e. The Bertz CT molecular complexity index is 526. The Morgan fingerprint density at radius 3 is 2.90 bits per heavy atom. The Hall–Kier alpha value is -1.95. The highest BCUT2D eigenvalue weighted by Gasteiger charge is 2.22. The highest BCUT2D eigenvalue weighted by molar-refractivity contribution is 5.98. The van der Waals surface area contributed by atoms with Crippen LogP contribution in [0.25, 0.3) is 0 Å². The van der Waals surface area contributed by atoms with Crippen molar-refractivity contribution in [3.8, 4) is 0 Å². The van der Waals surface area contributed by atoms with Crippen LogP contribution < -0.4 is 5.32 Å². The quantitative estimate of drug-likeness (QED) is 0.453. The van der Waals surface area contributed by atoms with Crippen LogP contribution in [0.5, 0.6) is 0 Å². The van der Waals surface area contributed by atoms with E-state index in [1.807, 2.05) is 0 Å². The second-order valence-corrected chi connectivity index (χ2v) is 5.36. The van der Waals surface area contributed by atoms with Gasteiger partial charge in [0.05, 0.1) is 4.92 Å². The number of hydrogen-bond donors (Lipinski definition) is 1. The smallest absolute Gasteiger partial charge is 0.285 e. The van der Waals surface area contributed by atoms with E-state index in [0.29, 0.717) is 25.1 Å². The lowest BCUT2D eigenvalue weighted by molar-refractivity contribution is -0.385. The van der Waals surface area contributed by atoms with Gasteiger partial charge in [-0.25, -0.2) is 0 Å². The Labute approximate surface area is 123 Å². The first-order valence-corrected chi connectivity index (χ1v) is 7.19. The van der Waals surface area contributed by atoms with Crippen molar-refractivity contribution in [1.82, 2.24) is 5.32 Å². The van der Waals surface area contributed by atoms with Crippen molar-refractivity contribution in [3.05, 3.63) is 39.4 Å². The normalized spacial score (nSPS) is 14.0. The highest BCUT2D eigenvalue weighted by atomic mass is 16.6. The van der Waals surface area contributed by atoms with Crippen LogP contribution in [0.15, 0.2) is 18.2 Å². The molecule has 0 saturated heterocycles. The lowest BCUT2D eigenvalue weighted by atomic mass is 10.1. The highest BCUT2D eigenvalue weighted by Crippen LogP contribution is 2.28. The number of aryl methyl sites for hydroxylation is 1. The molecular formula is C15H20N2O4. The van der Waals surface area contributed by atoms with Crippen LogP contribution in [-0.4, -0.2) is 30.6 Å². The van der Waals surface area contributed by atoms with Gasteiger partial charge in [0.2, 0.25) is 0 Å². The third-order valence-corrected chi connectivity index (χ3v) is 3.47. The van der Waals surface area contributed by atoms with Crippen molar-refractivity contribution < 1.29 is 14.5 Å². The number of carbonyl (C=O) groups excluding carboxylic acids is 1. The van der Waals surface area contributed by atoms with E-state index in [-0.39, 0.29) is 11.3 Å². The molecule has 0 aliphatic heterocycles. The van der Waals surface area contributed by atoms with Crippen molar-refractivity contribution in [2.24, 2.45) is 5.92 Å². The van der Waals surface area contributed by atoms with Gasteiger partial charge in [-0.2, -0.15) is 0 Å². The summed E-state index contributed by atoms with van der Waals surface area (Å²) in [6.45, 7) is 3.49.